The highest BCUT2D eigenvalue weighted by molar-refractivity contribution is 6.30. The third-order valence-corrected chi connectivity index (χ3v) is 5.50. The predicted molar refractivity (Wildman–Crippen MR) is 114 cm³/mol. The number of piperidine rings is 1. The van der Waals surface area contributed by atoms with Crippen LogP contribution >= 0.6 is 11.6 Å². The van der Waals surface area contributed by atoms with Gasteiger partial charge >= 0.3 is 0 Å². The molecular weight excluding hydrogens is 390 g/mol. The summed E-state index contributed by atoms with van der Waals surface area (Å²) in [5.41, 5.74) is 1.82. The lowest BCUT2D eigenvalue weighted by atomic mass is 9.95. The van der Waals surface area contributed by atoms with Crippen molar-refractivity contribution in [2.45, 2.75) is 39.7 Å². The molecule has 1 saturated heterocycles. The van der Waals surface area contributed by atoms with Gasteiger partial charge in [0.05, 0.1) is 5.69 Å². The van der Waals surface area contributed by atoms with Gasteiger partial charge in [0, 0.05) is 42.8 Å². The Morgan fingerprint density at radius 3 is 2.90 bits per heavy atom. The van der Waals surface area contributed by atoms with Crippen molar-refractivity contribution in [2.24, 2.45) is 5.92 Å². The zero-order chi connectivity index (χ0) is 20.6. The summed E-state index contributed by atoms with van der Waals surface area (Å²) in [7, 11) is 0. The molecule has 0 spiro atoms. The van der Waals surface area contributed by atoms with E-state index in [2.05, 4.69) is 15.2 Å². The molecule has 1 aliphatic rings. The second kappa shape index (κ2) is 10.8. The standard InChI is InChI=1S/C22H30ClN3O3/c1-3-28-13-5-10-24-21(27)17-8-11-26(12-9-17)15-20-16(2)29-22(25-20)18-6-4-7-19(23)14-18/h4,6-7,14,17H,3,5,8-13,15H2,1-2H3,(H,24,27). The molecule has 29 heavy (non-hydrogen) atoms. The highest BCUT2D eigenvalue weighted by Gasteiger charge is 2.25. The normalized spacial score (nSPS) is 15.6. The van der Waals surface area contributed by atoms with Crippen molar-refractivity contribution in [1.82, 2.24) is 15.2 Å². The number of benzene rings is 1. The number of nitrogens with zero attached hydrogens (tertiary/aromatic N) is 2. The van der Waals surface area contributed by atoms with E-state index in [-0.39, 0.29) is 11.8 Å². The van der Waals surface area contributed by atoms with E-state index in [1.54, 1.807) is 0 Å². The van der Waals surface area contributed by atoms with Gasteiger partial charge in [0.2, 0.25) is 11.8 Å². The molecule has 1 aromatic carbocycles. The van der Waals surface area contributed by atoms with Gasteiger partial charge in [0.25, 0.3) is 0 Å². The van der Waals surface area contributed by atoms with Crippen LogP contribution in [0, 0.1) is 12.8 Å². The lowest BCUT2D eigenvalue weighted by molar-refractivity contribution is -0.126. The van der Waals surface area contributed by atoms with Crippen LogP contribution in [0.15, 0.2) is 28.7 Å². The number of carbonyl (C=O) groups excluding carboxylic acids is 1. The van der Waals surface area contributed by atoms with E-state index in [0.29, 0.717) is 24.1 Å². The predicted octanol–water partition coefficient (Wildman–Crippen LogP) is 4.06. The largest absolute Gasteiger partial charge is 0.441 e. The fourth-order valence-electron chi connectivity index (χ4n) is 3.56. The molecule has 158 valence electrons. The minimum Gasteiger partial charge on any atom is -0.441 e. The molecule has 1 N–H and O–H groups in total. The van der Waals surface area contributed by atoms with E-state index in [1.165, 1.54) is 0 Å². The number of hydrogen-bond acceptors (Lipinski definition) is 5. The van der Waals surface area contributed by atoms with Crippen LogP contribution in [0.1, 0.15) is 37.6 Å². The number of aromatic nitrogens is 1. The topological polar surface area (TPSA) is 67.6 Å². The zero-order valence-electron chi connectivity index (χ0n) is 17.2. The first kappa shape index (κ1) is 21.8. The summed E-state index contributed by atoms with van der Waals surface area (Å²) >= 11 is 6.07. The van der Waals surface area contributed by atoms with Crippen LogP contribution in [0.25, 0.3) is 11.5 Å². The Balaban J connectivity index is 1.47. The molecule has 1 fully saturated rings. The second-order valence-electron chi connectivity index (χ2n) is 7.42. The number of nitrogens with one attached hydrogen (secondary N) is 1. The third-order valence-electron chi connectivity index (χ3n) is 5.26. The van der Waals surface area contributed by atoms with Crippen LogP contribution in [-0.4, -0.2) is 48.6 Å². The molecule has 0 aliphatic carbocycles. The minimum absolute atomic E-state index is 0.0961. The summed E-state index contributed by atoms with van der Waals surface area (Å²) in [6.45, 7) is 8.53. The Labute approximate surface area is 177 Å². The van der Waals surface area contributed by atoms with Crippen LogP contribution in [-0.2, 0) is 16.1 Å². The molecule has 6 nitrogen and oxygen atoms in total. The number of aryl methyl sites for hydroxylation is 1. The average Bonchev–Trinajstić information content (AvgIpc) is 3.08. The maximum Gasteiger partial charge on any atom is 0.226 e. The van der Waals surface area contributed by atoms with E-state index in [4.69, 9.17) is 20.8 Å². The fourth-order valence-corrected chi connectivity index (χ4v) is 3.75. The van der Waals surface area contributed by atoms with Crippen molar-refractivity contribution in [2.75, 3.05) is 32.8 Å². The Morgan fingerprint density at radius 2 is 2.17 bits per heavy atom. The van der Waals surface area contributed by atoms with E-state index < -0.39 is 0 Å². The number of rotatable bonds is 9. The Kier molecular flexibility index (Phi) is 8.09. The number of ether oxygens (including phenoxy) is 1. The Morgan fingerprint density at radius 1 is 1.38 bits per heavy atom. The summed E-state index contributed by atoms with van der Waals surface area (Å²) in [5.74, 6) is 1.69. The average molecular weight is 420 g/mol. The van der Waals surface area contributed by atoms with Crippen molar-refractivity contribution < 1.29 is 13.9 Å². The first-order chi connectivity index (χ1) is 14.1. The first-order valence-electron chi connectivity index (χ1n) is 10.4. The number of carbonyl (C=O) groups is 1. The maximum atomic E-state index is 12.3. The molecule has 0 atom stereocenters. The van der Waals surface area contributed by atoms with Gasteiger partial charge in [-0.15, -0.1) is 0 Å². The van der Waals surface area contributed by atoms with E-state index in [9.17, 15) is 4.79 Å². The van der Waals surface area contributed by atoms with Gasteiger partial charge in [-0.25, -0.2) is 4.98 Å². The molecule has 0 radical (unpaired) electrons. The smallest absolute Gasteiger partial charge is 0.226 e. The van der Waals surface area contributed by atoms with Crippen molar-refractivity contribution in [3.8, 4) is 11.5 Å². The molecule has 0 unspecified atom stereocenters. The molecule has 2 heterocycles. The molecule has 7 heteroatoms. The molecular formula is C22H30ClN3O3. The molecule has 0 saturated carbocycles. The summed E-state index contributed by atoms with van der Waals surface area (Å²) in [6.07, 6.45) is 2.60. The van der Waals surface area contributed by atoms with Gasteiger partial charge in [-0.2, -0.15) is 0 Å². The van der Waals surface area contributed by atoms with Crippen molar-refractivity contribution in [3.05, 3.63) is 40.7 Å². The van der Waals surface area contributed by atoms with Gasteiger partial charge in [0.15, 0.2) is 0 Å². The summed E-state index contributed by atoms with van der Waals surface area (Å²) in [5, 5.41) is 3.70. The monoisotopic (exact) mass is 419 g/mol. The maximum absolute atomic E-state index is 12.3. The van der Waals surface area contributed by atoms with Gasteiger partial charge in [0.1, 0.15) is 5.76 Å². The van der Waals surface area contributed by atoms with Crippen LogP contribution < -0.4 is 5.32 Å². The SMILES string of the molecule is CCOCCCNC(=O)C1CCN(Cc2nc(-c3cccc(Cl)c3)oc2C)CC1. The summed E-state index contributed by atoms with van der Waals surface area (Å²) < 4.78 is 11.2. The van der Waals surface area contributed by atoms with E-state index in [0.717, 1.165) is 62.5 Å². The lowest BCUT2D eigenvalue weighted by Gasteiger charge is -2.30. The number of hydrogen-bond donors (Lipinski definition) is 1. The molecule has 2 aromatic rings. The quantitative estimate of drug-likeness (QED) is 0.621. The fraction of sp³-hybridized carbons (Fsp3) is 0.545. The van der Waals surface area contributed by atoms with Crippen LogP contribution in [0.5, 0.6) is 0 Å². The highest BCUT2D eigenvalue weighted by atomic mass is 35.5. The number of likely N-dealkylation sites (tertiary alicyclic amines) is 1. The zero-order valence-corrected chi connectivity index (χ0v) is 18.0. The van der Waals surface area contributed by atoms with E-state index >= 15 is 0 Å². The highest BCUT2D eigenvalue weighted by Crippen LogP contribution is 2.26. The molecule has 1 aromatic heterocycles. The molecule has 3 rings (SSSR count). The third kappa shape index (κ3) is 6.29. The summed E-state index contributed by atoms with van der Waals surface area (Å²) in [4.78, 5) is 19.3. The van der Waals surface area contributed by atoms with Crippen LogP contribution in [0.3, 0.4) is 0 Å². The van der Waals surface area contributed by atoms with E-state index in [1.807, 2.05) is 38.1 Å². The lowest BCUT2D eigenvalue weighted by Crippen LogP contribution is -2.40. The van der Waals surface area contributed by atoms with Gasteiger partial charge in [-0.3, -0.25) is 9.69 Å². The molecule has 0 bridgehead atoms. The van der Waals surface area contributed by atoms with Gasteiger partial charge in [-0.05, 0) is 64.4 Å². The Hall–Kier alpha value is -1.89. The number of halogens is 1. The van der Waals surface area contributed by atoms with Crippen molar-refractivity contribution in [3.63, 3.8) is 0 Å². The molecule has 1 aliphatic heterocycles. The van der Waals surface area contributed by atoms with Crippen molar-refractivity contribution >= 4 is 17.5 Å². The van der Waals surface area contributed by atoms with Gasteiger partial charge in [-0.1, -0.05) is 17.7 Å². The first-order valence-corrected chi connectivity index (χ1v) is 10.7. The van der Waals surface area contributed by atoms with Crippen molar-refractivity contribution in [1.29, 1.82) is 0 Å². The minimum atomic E-state index is 0.0961. The number of oxazole rings is 1. The molecule has 1 amide bonds. The number of amides is 1. The van der Waals surface area contributed by atoms with Crippen LogP contribution in [0.4, 0.5) is 0 Å². The van der Waals surface area contributed by atoms with Gasteiger partial charge < -0.3 is 14.5 Å². The van der Waals surface area contributed by atoms with Crippen LogP contribution in [0.2, 0.25) is 5.02 Å². The summed E-state index contributed by atoms with van der Waals surface area (Å²) in [6, 6.07) is 7.53. The Bertz CT molecular complexity index is 800. The second-order valence-corrected chi connectivity index (χ2v) is 7.86.